The number of anilines is 1. The fraction of sp³-hybridized carbons (Fsp3) is 0.500. The Morgan fingerprint density at radius 3 is 3.12 bits per heavy atom. The van der Waals surface area contributed by atoms with Crippen LogP contribution in [0.15, 0.2) is 12.3 Å². The van der Waals surface area contributed by atoms with E-state index in [9.17, 15) is 4.79 Å². The molecule has 0 aliphatic carbocycles. The number of alkyl halides is 1. The maximum atomic E-state index is 11.7. The fourth-order valence-electron chi connectivity index (χ4n) is 1.69. The van der Waals surface area contributed by atoms with Gasteiger partial charge >= 0.3 is 6.01 Å². The van der Waals surface area contributed by atoms with E-state index in [-0.39, 0.29) is 17.8 Å². The number of nitrogens with zero attached hydrogens (tertiary/aromatic N) is 3. The summed E-state index contributed by atoms with van der Waals surface area (Å²) in [7, 11) is 1.49. The molecule has 1 saturated heterocycles. The predicted octanol–water partition coefficient (Wildman–Crippen LogP) is 1.08. The third-order valence-corrected chi connectivity index (χ3v) is 2.94. The molecule has 0 N–H and O–H groups in total. The molecule has 86 valence electrons. The molecule has 0 saturated carbocycles. The van der Waals surface area contributed by atoms with Gasteiger partial charge in [-0.2, -0.15) is 4.98 Å². The van der Waals surface area contributed by atoms with Gasteiger partial charge in [0.1, 0.15) is 5.82 Å². The van der Waals surface area contributed by atoms with Gasteiger partial charge in [-0.15, -0.1) is 11.6 Å². The minimum atomic E-state index is 0.0476. The summed E-state index contributed by atoms with van der Waals surface area (Å²) in [5, 5.41) is 0. The second-order valence-electron chi connectivity index (χ2n) is 3.63. The van der Waals surface area contributed by atoms with Gasteiger partial charge < -0.3 is 4.74 Å². The van der Waals surface area contributed by atoms with Crippen molar-refractivity contribution in [2.45, 2.75) is 6.42 Å². The molecule has 1 unspecified atom stereocenters. The maximum Gasteiger partial charge on any atom is 0.318 e. The molecule has 1 fully saturated rings. The Labute approximate surface area is 98.4 Å². The third kappa shape index (κ3) is 2.09. The van der Waals surface area contributed by atoms with E-state index >= 15 is 0 Å². The first-order chi connectivity index (χ1) is 7.74. The summed E-state index contributed by atoms with van der Waals surface area (Å²) in [6, 6.07) is 1.96. The first kappa shape index (κ1) is 11.1. The van der Waals surface area contributed by atoms with Crippen molar-refractivity contribution >= 4 is 23.3 Å². The van der Waals surface area contributed by atoms with Crippen LogP contribution in [0, 0.1) is 5.92 Å². The van der Waals surface area contributed by atoms with Crippen molar-refractivity contribution in [3.8, 4) is 6.01 Å². The lowest BCUT2D eigenvalue weighted by molar-refractivity contribution is -0.117. The van der Waals surface area contributed by atoms with E-state index in [0.717, 1.165) is 0 Å². The van der Waals surface area contributed by atoms with E-state index in [1.54, 1.807) is 17.2 Å². The van der Waals surface area contributed by atoms with Crippen LogP contribution >= 0.6 is 11.6 Å². The highest BCUT2D eigenvalue weighted by Gasteiger charge is 2.30. The van der Waals surface area contributed by atoms with Crippen LogP contribution < -0.4 is 9.64 Å². The highest BCUT2D eigenvalue weighted by atomic mass is 35.5. The smallest absolute Gasteiger partial charge is 0.318 e. The molecule has 0 bridgehead atoms. The Morgan fingerprint density at radius 2 is 2.50 bits per heavy atom. The van der Waals surface area contributed by atoms with Gasteiger partial charge in [0.2, 0.25) is 5.91 Å². The van der Waals surface area contributed by atoms with Crippen LogP contribution in [0.2, 0.25) is 0 Å². The molecular formula is C10H12ClN3O2. The van der Waals surface area contributed by atoms with Crippen molar-refractivity contribution in [3.63, 3.8) is 0 Å². The van der Waals surface area contributed by atoms with Crippen molar-refractivity contribution in [3.05, 3.63) is 12.3 Å². The van der Waals surface area contributed by atoms with Crippen molar-refractivity contribution in [2.75, 3.05) is 24.4 Å². The standard InChI is InChI=1S/C10H12ClN3O2/c1-16-10-12-3-2-8(13-10)14-6-7(5-11)4-9(14)15/h2-3,7H,4-6H2,1H3. The zero-order chi connectivity index (χ0) is 11.5. The largest absolute Gasteiger partial charge is 0.467 e. The number of halogens is 1. The monoisotopic (exact) mass is 241 g/mol. The summed E-state index contributed by atoms with van der Waals surface area (Å²) >= 11 is 5.75. The van der Waals surface area contributed by atoms with Crippen LogP contribution in [0.3, 0.4) is 0 Å². The van der Waals surface area contributed by atoms with Gasteiger partial charge in [-0.05, 0) is 12.0 Å². The normalized spacial score (nSPS) is 20.2. The van der Waals surface area contributed by atoms with Crippen LogP contribution in [0.25, 0.3) is 0 Å². The molecule has 1 aromatic rings. The summed E-state index contributed by atoms with van der Waals surface area (Å²) < 4.78 is 4.92. The van der Waals surface area contributed by atoms with Gasteiger partial charge in [0.05, 0.1) is 7.11 Å². The molecule has 1 amide bonds. The van der Waals surface area contributed by atoms with Gasteiger partial charge in [0.15, 0.2) is 0 Å². The van der Waals surface area contributed by atoms with E-state index in [1.165, 1.54) is 7.11 Å². The van der Waals surface area contributed by atoms with Gasteiger partial charge in [-0.3, -0.25) is 9.69 Å². The first-order valence-electron chi connectivity index (χ1n) is 4.98. The zero-order valence-corrected chi connectivity index (χ0v) is 9.65. The Bertz CT molecular complexity index is 399. The highest BCUT2D eigenvalue weighted by Crippen LogP contribution is 2.24. The molecule has 6 heteroatoms. The van der Waals surface area contributed by atoms with Crippen LogP contribution in [0.1, 0.15) is 6.42 Å². The van der Waals surface area contributed by atoms with E-state index in [1.807, 2.05) is 0 Å². The van der Waals surface area contributed by atoms with Gasteiger partial charge in [-0.25, -0.2) is 4.98 Å². The van der Waals surface area contributed by atoms with Crippen molar-refractivity contribution in [2.24, 2.45) is 5.92 Å². The minimum absolute atomic E-state index is 0.0476. The quantitative estimate of drug-likeness (QED) is 0.743. The SMILES string of the molecule is COc1nccc(N2CC(CCl)CC2=O)n1. The summed E-state index contributed by atoms with van der Waals surface area (Å²) in [5.74, 6) is 1.32. The second kappa shape index (κ2) is 4.65. The number of carbonyl (C=O) groups is 1. The molecule has 1 aliphatic rings. The van der Waals surface area contributed by atoms with Crippen molar-refractivity contribution in [1.82, 2.24) is 9.97 Å². The van der Waals surface area contributed by atoms with Crippen LogP contribution in [0.4, 0.5) is 5.82 Å². The Hall–Kier alpha value is -1.36. The van der Waals surface area contributed by atoms with Crippen LogP contribution in [0.5, 0.6) is 6.01 Å². The molecule has 2 rings (SSSR count). The number of amides is 1. The lowest BCUT2D eigenvalue weighted by Gasteiger charge is -2.15. The molecule has 16 heavy (non-hydrogen) atoms. The molecular weight excluding hydrogens is 230 g/mol. The maximum absolute atomic E-state index is 11.7. The van der Waals surface area contributed by atoms with Gasteiger partial charge in [0, 0.05) is 25.0 Å². The Morgan fingerprint density at radius 1 is 1.69 bits per heavy atom. The van der Waals surface area contributed by atoms with Crippen LogP contribution in [-0.2, 0) is 4.79 Å². The number of hydrogen-bond acceptors (Lipinski definition) is 4. The van der Waals surface area contributed by atoms with Gasteiger partial charge in [-0.1, -0.05) is 0 Å². The summed E-state index contributed by atoms with van der Waals surface area (Å²) in [5.41, 5.74) is 0. The number of aromatic nitrogens is 2. The lowest BCUT2D eigenvalue weighted by Crippen LogP contribution is -2.25. The van der Waals surface area contributed by atoms with E-state index in [0.29, 0.717) is 24.7 Å². The molecule has 1 aromatic heterocycles. The predicted molar refractivity (Wildman–Crippen MR) is 59.8 cm³/mol. The van der Waals surface area contributed by atoms with E-state index < -0.39 is 0 Å². The highest BCUT2D eigenvalue weighted by molar-refractivity contribution is 6.18. The topological polar surface area (TPSA) is 55.3 Å². The summed E-state index contributed by atoms with van der Waals surface area (Å²) in [6.07, 6.45) is 2.05. The second-order valence-corrected chi connectivity index (χ2v) is 3.94. The third-order valence-electron chi connectivity index (χ3n) is 2.50. The lowest BCUT2D eigenvalue weighted by atomic mass is 10.2. The average molecular weight is 242 g/mol. The molecule has 0 spiro atoms. The summed E-state index contributed by atoms with van der Waals surface area (Å²) in [6.45, 7) is 0.614. The number of methoxy groups -OCH3 is 1. The minimum Gasteiger partial charge on any atom is -0.467 e. The zero-order valence-electron chi connectivity index (χ0n) is 8.89. The molecule has 0 aromatic carbocycles. The molecule has 2 heterocycles. The summed E-state index contributed by atoms with van der Waals surface area (Å²) in [4.78, 5) is 21.3. The van der Waals surface area contributed by atoms with Crippen LogP contribution in [-0.4, -0.2) is 35.4 Å². The van der Waals surface area contributed by atoms with E-state index in [4.69, 9.17) is 16.3 Å². The van der Waals surface area contributed by atoms with Crippen molar-refractivity contribution in [1.29, 1.82) is 0 Å². The first-order valence-corrected chi connectivity index (χ1v) is 5.51. The number of hydrogen-bond donors (Lipinski definition) is 0. The fourth-order valence-corrected chi connectivity index (χ4v) is 1.89. The number of carbonyl (C=O) groups excluding carboxylic acids is 1. The van der Waals surface area contributed by atoms with E-state index in [2.05, 4.69) is 9.97 Å². The Kier molecular flexibility index (Phi) is 3.24. The van der Waals surface area contributed by atoms with Gasteiger partial charge in [0.25, 0.3) is 0 Å². The molecule has 1 atom stereocenters. The molecule has 5 nitrogen and oxygen atoms in total. The van der Waals surface area contributed by atoms with Crippen molar-refractivity contribution < 1.29 is 9.53 Å². The Balaban J connectivity index is 2.20. The number of ether oxygens (including phenoxy) is 1. The molecule has 0 radical (unpaired) electrons. The average Bonchev–Trinajstić information content (AvgIpc) is 2.71. The number of rotatable bonds is 3. The molecule has 1 aliphatic heterocycles.